The lowest BCUT2D eigenvalue weighted by molar-refractivity contribution is -0.306. The normalized spacial score (nSPS) is 24.4. The highest BCUT2D eigenvalue weighted by Gasteiger charge is 2.50. The van der Waals surface area contributed by atoms with Crippen LogP contribution in [0.2, 0.25) is 0 Å². The van der Waals surface area contributed by atoms with Gasteiger partial charge in [0.1, 0.15) is 29.9 Å². The smallest absolute Gasteiger partial charge is 0.229 e. The molecule has 1 heterocycles. The number of hydrogen-bond donors (Lipinski definition) is 3. The van der Waals surface area contributed by atoms with Gasteiger partial charge in [0.25, 0.3) is 0 Å². The highest BCUT2D eigenvalue weighted by molar-refractivity contribution is 5.73. The molecule has 0 aromatic heterocycles. The molecule has 0 unspecified atom stereocenters. The van der Waals surface area contributed by atoms with Gasteiger partial charge in [-0.25, -0.2) is 4.39 Å². The van der Waals surface area contributed by atoms with Crippen molar-refractivity contribution in [3.63, 3.8) is 0 Å². The van der Waals surface area contributed by atoms with Crippen LogP contribution in [0.4, 0.5) is 4.39 Å². The van der Waals surface area contributed by atoms with Crippen molar-refractivity contribution in [2.45, 2.75) is 64.3 Å². The number of aliphatic hydroxyl groups is 2. The Bertz CT molecular complexity index is 995. The molecule has 4 atom stereocenters. The van der Waals surface area contributed by atoms with E-state index in [1.54, 1.807) is 32.0 Å². The van der Waals surface area contributed by atoms with Crippen LogP contribution in [0.1, 0.15) is 31.9 Å². The first kappa shape index (κ1) is 25.1. The predicted molar refractivity (Wildman–Crippen MR) is 121 cm³/mol. The van der Waals surface area contributed by atoms with Crippen LogP contribution in [0.3, 0.4) is 0 Å². The molecule has 0 aliphatic carbocycles. The summed E-state index contributed by atoms with van der Waals surface area (Å²) in [7, 11) is 1.45. The predicted octanol–water partition coefficient (Wildman–Crippen LogP) is 2.73. The zero-order valence-corrected chi connectivity index (χ0v) is 19.6. The second-order valence-electron chi connectivity index (χ2n) is 8.86. The lowest BCUT2D eigenvalue weighted by atomic mass is 9.89. The molecular formula is C25H32FNO6. The van der Waals surface area contributed by atoms with Crippen LogP contribution in [0.25, 0.3) is 11.1 Å². The summed E-state index contributed by atoms with van der Waals surface area (Å²) in [6.45, 7) is 7.24. The average molecular weight is 462 g/mol. The van der Waals surface area contributed by atoms with Crippen LogP contribution in [0.5, 0.6) is 5.75 Å². The van der Waals surface area contributed by atoms with E-state index in [1.807, 2.05) is 13.0 Å². The van der Waals surface area contributed by atoms with Crippen molar-refractivity contribution in [2.75, 3.05) is 13.7 Å². The van der Waals surface area contributed by atoms with Crippen LogP contribution in [0, 0.1) is 12.7 Å². The molecule has 0 spiro atoms. The van der Waals surface area contributed by atoms with Crippen molar-refractivity contribution < 1.29 is 33.6 Å². The fourth-order valence-electron chi connectivity index (χ4n) is 4.21. The van der Waals surface area contributed by atoms with E-state index in [-0.39, 0.29) is 11.7 Å². The van der Waals surface area contributed by atoms with E-state index in [1.165, 1.54) is 26.2 Å². The molecule has 33 heavy (non-hydrogen) atoms. The molecule has 8 heteroatoms. The third-order valence-electron chi connectivity index (χ3n) is 5.85. The summed E-state index contributed by atoms with van der Waals surface area (Å²) >= 11 is 0. The second-order valence-corrected chi connectivity index (χ2v) is 8.86. The molecule has 2 aromatic rings. The number of methoxy groups -OCH3 is 1. The molecule has 180 valence electrons. The zero-order chi connectivity index (χ0) is 24.3. The van der Waals surface area contributed by atoms with E-state index in [2.05, 4.69) is 5.32 Å². The number of amides is 1. The van der Waals surface area contributed by atoms with Gasteiger partial charge < -0.3 is 29.7 Å². The maximum absolute atomic E-state index is 14.0. The van der Waals surface area contributed by atoms with Gasteiger partial charge in [-0.05, 0) is 67.6 Å². The van der Waals surface area contributed by atoms with Crippen molar-refractivity contribution in [3.05, 3.63) is 53.3 Å². The first-order valence-electron chi connectivity index (χ1n) is 10.9. The molecule has 0 bridgehead atoms. The number of carbonyl (C=O) groups excluding carboxylic acids is 1. The quantitative estimate of drug-likeness (QED) is 0.587. The SMILES string of the molecule is CO[C@@H]1[C@@H](O)[C@@H](O)[C@H](Oc2cc(-c3cccc(F)c3)c(CCNC(C)=O)cc2C)OC1(C)C. The Kier molecular flexibility index (Phi) is 7.74. The summed E-state index contributed by atoms with van der Waals surface area (Å²) in [5, 5.41) is 23.9. The first-order valence-corrected chi connectivity index (χ1v) is 10.9. The molecule has 3 rings (SSSR count). The lowest BCUT2D eigenvalue weighted by Crippen LogP contribution is -2.63. The van der Waals surface area contributed by atoms with E-state index >= 15 is 0 Å². The maximum atomic E-state index is 14.0. The third kappa shape index (κ3) is 5.70. The van der Waals surface area contributed by atoms with Gasteiger partial charge in [0, 0.05) is 20.6 Å². The Morgan fingerprint density at radius 3 is 2.58 bits per heavy atom. The number of carbonyl (C=O) groups is 1. The molecule has 1 aliphatic heterocycles. The Morgan fingerprint density at radius 1 is 1.21 bits per heavy atom. The van der Waals surface area contributed by atoms with Crippen LogP contribution in [-0.4, -0.2) is 60.0 Å². The molecule has 1 saturated heterocycles. The van der Waals surface area contributed by atoms with Crippen LogP contribution in [-0.2, 0) is 20.7 Å². The molecule has 1 amide bonds. The van der Waals surface area contributed by atoms with Crippen molar-refractivity contribution >= 4 is 5.91 Å². The van der Waals surface area contributed by atoms with Crippen molar-refractivity contribution in [2.24, 2.45) is 0 Å². The van der Waals surface area contributed by atoms with E-state index in [4.69, 9.17) is 14.2 Å². The minimum absolute atomic E-state index is 0.127. The second kappa shape index (κ2) is 10.2. The fraction of sp³-hybridized carbons (Fsp3) is 0.480. The Hall–Kier alpha value is -2.52. The molecule has 2 aromatic carbocycles. The maximum Gasteiger partial charge on any atom is 0.229 e. The topological polar surface area (TPSA) is 97.3 Å². The number of halogens is 1. The molecule has 3 N–H and O–H groups in total. The lowest BCUT2D eigenvalue weighted by Gasteiger charge is -2.46. The summed E-state index contributed by atoms with van der Waals surface area (Å²) in [6, 6.07) is 9.89. The van der Waals surface area contributed by atoms with Crippen LogP contribution in [0.15, 0.2) is 36.4 Å². The number of ether oxygens (including phenoxy) is 3. The van der Waals surface area contributed by atoms with Gasteiger partial charge in [0.15, 0.2) is 0 Å². The summed E-state index contributed by atoms with van der Waals surface area (Å²) < 4.78 is 31.3. The molecule has 7 nitrogen and oxygen atoms in total. The molecule has 0 radical (unpaired) electrons. The highest BCUT2D eigenvalue weighted by atomic mass is 19.1. The van der Waals surface area contributed by atoms with Crippen molar-refractivity contribution in [3.8, 4) is 16.9 Å². The van der Waals surface area contributed by atoms with Crippen LogP contribution < -0.4 is 10.1 Å². The van der Waals surface area contributed by atoms with Crippen molar-refractivity contribution in [1.29, 1.82) is 0 Å². The van der Waals surface area contributed by atoms with Crippen LogP contribution >= 0.6 is 0 Å². The van der Waals surface area contributed by atoms with Gasteiger partial charge in [-0.2, -0.15) is 0 Å². The van der Waals surface area contributed by atoms with Gasteiger partial charge in [-0.1, -0.05) is 18.2 Å². The fourth-order valence-corrected chi connectivity index (χ4v) is 4.21. The van der Waals surface area contributed by atoms with E-state index in [0.717, 1.165) is 16.7 Å². The standard InChI is InChI=1S/C25H32FNO6/c1-14-11-17(9-10-27-15(2)28)19(16-7-6-8-18(26)12-16)13-20(14)32-24-22(30)21(29)23(31-5)25(3,4)33-24/h6-8,11-13,21-24,29-30H,9-10H2,1-5H3,(H,27,28)/t21-,22+,23+,24+/m0/s1. The van der Waals surface area contributed by atoms with Gasteiger partial charge in [-0.3, -0.25) is 4.79 Å². The monoisotopic (exact) mass is 461 g/mol. The molecule has 0 saturated carbocycles. The number of rotatable bonds is 7. The molecule has 1 fully saturated rings. The first-order chi connectivity index (χ1) is 15.5. The van der Waals surface area contributed by atoms with Gasteiger partial charge in [0.05, 0.1) is 5.60 Å². The van der Waals surface area contributed by atoms with Gasteiger partial charge in [-0.15, -0.1) is 0 Å². The van der Waals surface area contributed by atoms with E-state index in [0.29, 0.717) is 24.3 Å². The Morgan fingerprint density at radius 2 is 1.94 bits per heavy atom. The number of aliphatic hydroxyl groups excluding tert-OH is 2. The van der Waals surface area contributed by atoms with E-state index < -0.39 is 30.2 Å². The number of benzene rings is 2. The Labute approximate surface area is 193 Å². The minimum Gasteiger partial charge on any atom is -0.462 e. The van der Waals surface area contributed by atoms with Crippen molar-refractivity contribution in [1.82, 2.24) is 5.32 Å². The molecule has 1 aliphatic rings. The number of hydrogen-bond acceptors (Lipinski definition) is 6. The average Bonchev–Trinajstić information content (AvgIpc) is 2.73. The summed E-state index contributed by atoms with van der Waals surface area (Å²) in [4.78, 5) is 11.3. The Balaban J connectivity index is 1.95. The summed E-state index contributed by atoms with van der Waals surface area (Å²) in [6.07, 6.45) is -3.86. The number of aryl methyl sites for hydroxylation is 1. The summed E-state index contributed by atoms with van der Waals surface area (Å²) in [5.74, 6) is -0.0664. The highest BCUT2D eigenvalue weighted by Crippen LogP contribution is 2.36. The number of nitrogens with one attached hydrogen (secondary N) is 1. The minimum atomic E-state index is -1.33. The molecular weight excluding hydrogens is 429 g/mol. The van der Waals surface area contributed by atoms with Gasteiger partial charge >= 0.3 is 0 Å². The third-order valence-corrected chi connectivity index (χ3v) is 5.85. The van der Waals surface area contributed by atoms with E-state index in [9.17, 15) is 19.4 Å². The zero-order valence-electron chi connectivity index (χ0n) is 19.6. The summed E-state index contributed by atoms with van der Waals surface area (Å²) in [5.41, 5.74) is 2.16. The van der Waals surface area contributed by atoms with Gasteiger partial charge in [0.2, 0.25) is 12.2 Å². The largest absolute Gasteiger partial charge is 0.462 e.